The van der Waals surface area contributed by atoms with Crippen molar-refractivity contribution >= 4 is 34.8 Å². The minimum absolute atomic E-state index is 0.210. The Morgan fingerprint density at radius 2 is 2.12 bits per heavy atom. The number of hydrazone groups is 1. The zero-order valence-corrected chi connectivity index (χ0v) is 11.5. The molecular weight excluding hydrogens is 250 g/mol. The van der Waals surface area contributed by atoms with E-state index >= 15 is 0 Å². The molecule has 92 valence electrons. The maximum Gasteiger partial charge on any atom is 0.184 e. The summed E-state index contributed by atoms with van der Waals surface area (Å²) in [6.07, 6.45) is 0.938. The molecule has 0 aliphatic rings. The van der Waals surface area contributed by atoms with E-state index in [1.165, 1.54) is 5.56 Å². The maximum atomic E-state index is 5.28. The number of hydrogen-bond acceptors (Lipinski definition) is 3. The van der Waals surface area contributed by atoms with Gasteiger partial charge in [-0.15, -0.1) is 0 Å². The number of nitrogens with one attached hydrogen (secondary N) is 1. The van der Waals surface area contributed by atoms with Crippen molar-refractivity contribution in [2.45, 2.75) is 19.1 Å². The molecule has 0 aromatic heterocycles. The molecular formula is C12H17N3S2. The molecule has 1 aromatic rings. The highest BCUT2D eigenvalue weighted by atomic mass is 32.2. The smallest absolute Gasteiger partial charge is 0.184 e. The molecule has 0 unspecified atom stereocenters. The van der Waals surface area contributed by atoms with Crippen molar-refractivity contribution in [1.82, 2.24) is 5.43 Å². The van der Waals surface area contributed by atoms with Crippen LogP contribution in [-0.2, 0) is 5.75 Å². The largest absolute Gasteiger partial charge is 0.375 e. The number of hydrogen-bond donors (Lipinski definition) is 2. The van der Waals surface area contributed by atoms with E-state index in [2.05, 4.69) is 47.0 Å². The number of benzene rings is 1. The van der Waals surface area contributed by atoms with Gasteiger partial charge in [0, 0.05) is 11.5 Å². The van der Waals surface area contributed by atoms with Crippen LogP contribution in [0.25, 0.3) is 0 Å². The normalized spacial score (nSPS) is 11.2. The predicted octanol–water partition coefficient (Wildman–Crippen LogP) is 2.52. The van der Waals surface area contributed by atoms with Gasteiger partial charge in [0.2, 0.25) is 0 Å². The topological polar surface area (TPSA) is 50.4 Å². The molecule has 0 spiro atoms. The minimum atomic E-state index is 0.210. The molecule has 1 aromatic carbocycles. The van der Waals surface area contributed by atoms with Crippen LogP contribution in [-0.4, -0.2) is 16.6 Å². The van der Waals surface area contributed by atoms with E-state index in [0.29, 0.717) is 0 Å². The SMILES string of the molecule is C/C(CCSCc1ccccc1)=N/NC(N)=S. The van der Waals surface area contributed by atoms with Crippen molar-refractivity contribution in [3.8, 4) is 0 Å². The molecule has 0 aliphatic heterocycles. The van der Waals surface area contributed by atoms with Crippen molar-refractivity contribution in [3.63, 3.8) is 0 Å². The van der Waals surface area contributed by atoms with Crippen LogP contribution < -0.4 is 11.2 Å². The summed E-state index contributed by atoms with van der Waals surface area (Å²) in [5, 5.41) is 4.26. The van der Waals surface area contributed by atoms with Gasteiger partial charge in [-0.2, -0.15) is 16.9 Å². The van der Waals surface area contributed by atoms with Crippen molar-refractivity contribution in [1.29, 1.82) is 0 Å². The Balaban J connectivity index is 2.16. The number of nitrogens with two attached hydrogens (primary N) is 1. The third kappa shape index (κ3) is 6.97. The second-order valence-corrected chi connectivity index (χ2v) is 5.16. The highest BCUT2D eigenvalue weighted by Gasteiger charge is 1.95. The van der Waals surface area contributed by atoms with Crippen LogP contribution in [0, 0.1) is 0 Å². The van der Waals surface area contributed by atoms with Gasteiger partial charge in [-0.25, -0.2) is 0 Å². The monoisotopic (exact) mass is 267 g/mol. The van der Waals surface area contributed by atoms with Gasteiger partial charge in [0.1, 0.15) is 0 Å². The summed E-state index contributed by atoms with van der Waals surface area (Å²) in [5.74, 6) is 2.08. The second-order valence-electron chi connectivity index (χ2n) is 3.61. The lowest BCUT2D eigenvalue weighted by Crippen LogP contribution is -2.25. The van der Waals surface area contributed by atoms with E-state index in [-0.39, 0.29) is 5.11 Å². The molecule has 0 heterocycles. The predicted molar refractivity (Wildman–Crippen MR) is 80.3 cm³/mol. The number of thioether (sulfide) groups is 1. The van der Waals surface area contributed by atoms with Crippen LogP contribution >= 0.6 is 24.0 Å². The van der Waals surface area contributed by atoms with Crippen LogP contribution in [0.3, 0.4) is 0 Å². The van der Waals surface area contributed by atoms with E-state index in [1.54, 1.807) is 0 Å². The lowest BCUT2D eigenvalue weighted by molar-refractivity contribution is 1.01. The average Bonchev–Trinajstić information content (AvgIpc) is 2.33. The first-order valence-electron chi connectivity index (χ1n) is 5.39. The summed E-state index contributed by atoms with van der Waals surface area (Å²) >= 11 is 6.56. The summed E-state index contributed by atoms with van der Waals surface area (Å²) in [7, 11) is 0. The Morgan fingerprint density at radius 3 is 2.76 bits per heavy atom. The average molecular weight is 267 g/mol. The molecule has 3 nitrogen and oxygen atoms in total. The van der Waals surface area contributed by atoms with Crippen LogP contribution in [0.1, 0.15) is 18.9 Å². The summed E-state index contributed by atoms with van der Waals surface area (Å²) in [5.41, 5.74) is 10.2. The molecule has 17 heavy (non-hydrogen) atoms. The van der Waals surface area contributed by atoms with Gasteiger partial charge < -0.3 is 5.73 Å². The Morgan fingerprint density at radius 1 is 1.41 bits per heavy atom. The van der Waals surface area contributed by atoms with Crippen LogP contribution in [0.5, 0.6) is 0 Å². The molecule has 0 radical (unpaired) electrons. The summed E-state index contributed by atoms with van der Waals surface area (Å²) in [6.45, 7) is 1.97. The molecule has 1 rings (SSSR count). The molecule has 3 N–H and O–H groups in total. The lowest BCUT2D eigenvalue weighted by atomic mass is 10.2. The fourth-order valence-electron chi connectivity index (χ4n) is 1.19. The molecule has 0 atom stereocenters. The molecule has 0 saturated carbocycles. The zero-order valence-electron chi connectivity index (χ0n) is 9.85. The van der Waals surface area contributed by atoms with Crippen LogP contribution in [0.4, 0.5) is 0 Å². The third-order valence-electron chi connectivity index (χ3n) is 2.08. The molecule has 0 fully saturated rings. The van der Waals surface area contributed by atoms with Crippen LogP contribution in [0.2, 0.25) is 0 Å². The Labute approximate surface area is 112 Å². The van der Waals surface area contributed by atoms with Crippen molar-refractivity contribution in [3.05, 3.63) is 35.9 Å². The molecule has 0 bridgehead atoms. The first-order chi connectivity index (χ1) is 8.18. The van der Waals surface area contributed by atoms with E-state index < -0.39 is 0 Å². The van der Waals surface area contributed by atoms with E-state index in [1.807, 2.05) is 24.8 Å². The van der Waals surface area contributed by atoms with Gasteiger partial charge in [0.05, 0.1) is 0 Å². The van der Waals surface area contributed by atoms with Gasteiger partial charge >= 0.3 is 0 Å². The summed E-state index contributed by atoms with van der Waals surface area (Å²) in [4.78, 5) is 0. The van der Waals surface area contributed by atoms with E-state index in [0.717, 1.165) is 23.6 Å². The first-order valence-corrected chi connectivity index (χ1v) is 6.95. The molecule has 5 heteroatoms. The Kier molecular flexibility index (Phi) is 6.65. The summed E-state index contributed by atoms with van der Waals surface area (Å²) in [6, 6.07) is 10.4. The third-order valence-corrected chi connectivity index (χ3v) is 3.20. The number of nitrogens with zero attached hydrogens (tertiary/aromatic N) is 1. The van der Waals surface area contributed by atoms with Gasteiger partial charge in [-0.3, -0.25) is 5.43 Å². The molecule has 0 aliphatic carbocycles. The second kappa shape index (κ2) is 8.08. The zero-order chi connectivity index (χ0) is 12.5. The first kappa shape index (κ1) is 14.0. The fraction of sp³-hybridized carbons (Fsp3) is 0.333. The van der Waals surface area contributed by atoms with Gasteiger partial charge in [-0.05, 0) is 36.9 Å². The van der Waals surface area contributed by atoms with E-state index in [4.69, 9.17) is 5.73 Å². The summed E-state index contributed by atoms with van der Waals surface area (Å²) < 4.78 is 0. The van der Waals surface area contributed by atoms with Crippen LogP contribution in [0.15, 0.2) is 35.4 Å². The van der Waals surface area contributed by atoms with E-state index in [9.17, 15) is 0 Å². The number of thiocarbonyl (C=S) groups is 1. The minimum Gasteiger partial charge on any atom is -0.375 e. The number of rotatable bonds is 6. The molecule has 0 amide bonds. The van der Waals surface area contributed by atoms with Crippen molar-refractivity contribution < 1.29 is 0 Å². The maximum absolute atomic E-state index is 5.28. The highest BCUT2D eigenvalue weighted by molar-refractivity contribution is 7.98. The Hall–Kier alpha value is -1.07. The lowest BCUT2D eigenvalue weighted by Gasteiger charge is -2.02. The molecule has 0 saturated heterocycles. The Bertz CT molecular complexity index is 377. The quantitative estimate of drug-likeness (QED) is 0.360. The van der Waals surface area contributed by atoms with Gasteiger partial charge in [0.15, 0.2) is 5.11 Å². The van der Waals surface area contributed by atoms with Gasteiger partial charge in [0.25, 0.3) is 0 Å². The fourth-order valence-corrected chi connectivity index (χ4v) is 2.25. The van der Waals surface area contributed by atoms with Crippen molar-refractivity contribution in [2.75, 3.05) is 5.75 Å². The van der Waals surface area contributed by atoms with Gasteiger partial charge in [-0.1, -0.05) is 30.3 Å². The highest BCUT2D eigenvalue weighted by Crippen LogP contribution is 2.12. The standard InChI is InChI=1S/C12H17N3S2/c1-10(14-15-12(13)16)7-8-17-9-11-5-3-2-4-6-11/h2-6H,7-9H2,1H3,(H3,13,15,16)/b14-10-. The van der Waals surface area contributed by atoms with Crippen molar-refractivity contribution in [2.24, 2.45) is 10.8 Å².